The van der Waals surface area contributed by atoms with Gasteiger partial charge in [-0.1, -0.05) is 6.07 Å². The molecule has 0 saturated carbocycles. The van der Waals surface area contributed by atoms with Crippen molar-refractivity contribution in [2.24, 2.45) is 5.73 Å². The number of hydrogen-bond donors (Lipinski definition) is 2. The molecule has 16 heavy (non-hydrogen) atoms. The molecule has 1 atom stereocenters. The van der Waals surface area contributed by atoms with Crippen molar-refractivity contribution in [3.05, 3.63) is 29.6 Å². The molecule has 1 aromatic rings. The molecule has 0 aliphatic heterocycles. The largest absolute Gasteiger partial charge is 0.479 e. The number of halogens is 1. The number of carbonyl (C=O) groups is 2. The Balaban J connectivity index is 3.09. The van der Waals surface area contributed by atoms with Crippen molar-refractivity contribution in [1.82, 2.24) is 0 Å². The van der Waals surface area contributed by atoms with Crippen LogP contribution in [0, 0.1) is 5.82 Å². The summed E-state index contributed by atoms with van der Waals surface area (Å²) in [6, 6.07) is 3.62. The van der Waals surface area contributed by atoms with Crippen LogP contribution in [0.1, 0.15) is 17.3 Å². The Morgan fingerprint density at radius 1 is 1.50 bits per heavy atom. The maximum Gasteiger partial charge on any atom is 0.344 e. The minimum Gasteiger partial charge on any atom is -0.479 e. The standard InChI is InChI=1S/C10H10FNO4/c1-5(10(14)15)16-7-4-2-3-6(11)8(7)9(12)13/h2-5H,1H3,(H2,12,13)(H,14,15)/t5-/m1/s1. The lowest BCUT2D eigenvalue weighted by Gasteiger charge is -2.13. The molecule has 0 aromatic heterocycles. The van der Waals surface area contributed by atoms with Crippen molar-refractivity contribution in [1.29, 1.82) is 0 Å². The van der Waals surface area contributed by atoms with Gasteiger partial charge in [-0.15, -0.1) is 0 Å². The number of carboxylic acid groups (broad SMARTS) is 1. The Bertz CT molecular complexity index is 433. The third-order valence-electron chi connectivity index (χ3n) is 1.87. The zero-order chi connectivity index (χ0) is 12.3. The smallest absolute Gasteiger partial charge is 0.344 e. The maximum atomic E-state index is 13.2. The number of aliphatic carboxylic acids is 1. The van der Waals surface area contributed by atoms with Crippen LogP contribution in [0.3, 0.4) is 0 Å². The molecule has 0 saturated heterocycles. The summed E-state index contributed by atoms with van der Waals surface area (Å²) in [6.07, 6.45) is -1.19. The fourth-order valence-electron chi connectivity index (χ4n) is 1.08. The lowest BCUT2D eigenvalue weighted by Crippen LogP contribution is -2.25. The molecule has 6 heteroatoms. The van der Waals surface area contributed by atoms with Crippen LogP contribution < -0.4 is 10.5 Å². The Hall–Kier alpha value is -2.11. The number of carboxylic acids is 1. The topological polar surface area (TPSA) is 89.6 Å². The molecule has 0 aliphatic carbocycles. The highest BCUT2D eigenvalue weighted by Gasteiger charge is 2.19. The summed E-state index contributed by atoms with van der Waals surface area (Å²) >= 11 is 0. The van der Waals surface area contributed by atoms with Gasteiger partial charge in [0.05, 0.1) is 0 Å². The second-order valence-corrected chi connectivity index (χ2v) is 3.08. The van der Waals surface area contributed by atoms with Crippen molar-refractivity contribution in [3.8, 4) is 5.75 Å². The molecule has 0 spiro atoms. The van der Waals surface area contributed by atoms with Gasteiger partial charge in [-0.3, -0.25) is 4.79 Å². The van der Waals surface area contributed by atoms with Crippen LogP contribution in [0.5, 0.6) is 5.75 Å². The highest BCUT2D eigenvalue weighted by Crippen LogP contribution is 2.22. The Morgan fingerprint density at radius 2 is 2.12 bits per heavy atom. The Morgan fingerprint density at radius 3 is 2.62 bits per heavy atom. The summed E-state index contributed by atoms with van der Waals surface area (Å²) < 4.78 is 18.1. The molecular weight excluding hydrogens is 217 g/mol. The molecule has 0 radical (unpaired) electrons. The van der Waals surface area contributed by atoms with Crippen LogP contribution in [-0.2, 0) is 4.79 Å². The van der Waals surface area contributed by atoms with E-state index in [9.17, 15) is 14.0 Å². The van der Waals surface area contributed by atoms with E-state index in [1.807, 2.05) is 0 Å². The van der Waals surface area contributed by atoms with Gasteiger partial charge in [0.25, 0.3) is 5.91 Å². The minimum absolute atomic E-state index is 0.178. The summed E-state index contributed by atoms with van der Waals surface area (Å²) in [5, 5.41) is 8.61. The van der Waals surface area contributed by atoms with E-state index in [4.69, 9.17) is 15.6 Å². The van der Waals surface area contributed by atoms with Crippen molar-refractivity contribution in [2.75, 3.05) is 0 Å². The number of benzene rings is 1. The number of rotatable bonds is 4. The number of nitrogens with two attached hydrogens (primary N) is 1. The number of amides is 1. The fourth-order valence-corrected chi connectivity index (χ4v) is 1.08. The first-order valence-corrected chi connectivity index (χ1v) is 4.41. The highest BCUT2D eigenvalue weighted by atomic mass is 19.1. The molecule has 0 bridgehead atoms. The van der Waals surface area contributed by atoms with E-state index in [1.54, 1.807) is 0 Å². The van der Waals surface area contributed by atoms with Crippen LogP contribution in [0.15, 0.2) is 18.2 Å². The molecule has 0 unspecified atom stereocenters. The van der Waals surface area contributed by atoms with Gasteiger partial charge in [-0.25, -0.2) is 9.18 Å². The number of hydrogen-bond acceptors (Lipinski definition) is 3. The molecule has 1 rings (SSSR count). The molecule has 3 N–H and O–H groups in total. The van der Waals surface area contributed by atoms with E-state index in [0.717, 1.165) is 6.07 Å². The van der Waals surface area contributed by atoms with E-state index in [0.29, 0.717) is 0 Å². The summed E-state index contributed by atoms with van der Waals surface area (Å²) in [5.41, 5.74) is 4.51. The van der Waals surface area contributed by atoms with E-state index in [-0.39, 0.29) is 5.75 Å². The van der Waals surface area contributed by atoms with Crippen molar-refractivity contribution in [3.63, 3.8) is 0 Å². The summed E-state index contributed by atoms with van der Waals surface area (Å²) in [4.78, 5) is 21.5. The highest BCUT2D eigenvalue weighted by molar-refractivity contribution is 5.96. The normalized spacial score (nSPS) is 11.9. The minimum atomic E-state index is -1.22. The molecule has 1 aromatic carbocycles. The predicted octanol–water partition coefficient (Wildman–Crippen LogP) is 0.777. The third kappa shape index (κ3) is 2.47. The van der Waals surface area contributed by atoms with Crippen LogP contribution in [0.4, 0.5) is 4.39 Å². The van der Waals surface area contributed by atoms with E-state index < -0.39 is 29.4 Å². The SMILES string of the molecule is C[C@@H](Oc1cccc(F)c1C(N)=O)C(=O)O. The van der Waals surface area contributed by atoms with Crippen LogP contribution in [0.2, 0.25) is 0 Å². The van der Waals surface area contributed by atoms with E-state index in [2.05, 4.69) is 0 Å². The number of carbonyl (C=O) groups excluding carboxylic acids is 1. The first kappa shape index (κ1) is 12.0. The van der Waals surface area contributed by atoms with Gasteiger partial charge in [0.2, 0.25) is 0 Å². The molecule has 0 heterocycles. The van der Waals surface area contributed by atoms with Gasteiger partial charge in [0.1, 0.15) is 17.1 Å². The lowest BCUT2D eigenvalue weighted by atomic mass is 10.2. The number of ether oxygens (including phenoxy) is 1. The van der Waals surface area contributed by atoms with Gasteiger partial charge >= 0.3 is 5.97 Å². The van der Waals surface area contributed by atoms with Gasteiger partial charge in [-0.05, 0) is 19.1 Å². The molecule has 0 aliphatic rings. The van der Waals surface area contributed by atoms with Crippen molar-refractivity contribution in [2.45, 2.75) is 13.0 Å². The fraction of sp³-hybridized carbons (Fsp3) is 0.200. The lowest BCUT2D eigenvalue weighted by molar-refractivity contribution is -0.144. The summed E-state index contributed by atoms with van der Waals surface area (Å²) in [5.74, 6) is -3.25. The first-order valence-electron chi connectivity index (χ1n) is 4.41. The van der Waals surface area contributed by atoms with Gasteiger partial charge in [0.15, 0.2) is 6.10 Å². The van der Waals surface area contributed by atoms with Crippen LogP contribution in [-0.4, -0.2) is 23.1 Å². The number of primary amides is 1. The molecular formula is C10H10FNO4. The van der Waals surface area contributed by atoms with E-state index >= 15 is 0 Å². The third-order valence-corrected chi connectivity index (χ3v) is 1.87. The molecule has 86 valence electrons. The summed E-state index contributed by atoms with van der Waals surface area (Å²) in [7, 11) is 0. The quantitative estimate of drug-likeness (QED) is 0.795. The van der Waals surface area contributed by atoms with Gasteiger partial charge < -0.3 is 15.6 Å². The molecule has 5 nitrogen and oxygen atoms in total. The monoisotopic (exact) mass is 227 g/mol. The Kier molecular flexibility index (Phi) is 3.44. The maximum absolute atomic E-state index is 13.2. The van der Waals surface area contributed by atoms with Crippen molar-refractivity contribution < 1.29 is 23.8 Å². The first-order chi connectivity index (χ1) is 7.43. The predicted molar refractivity (Wildman–Crippen MR) is 52.6 cm³/mol. The van der Waals surface area contributed by atoms with Crippen molar-refractivity contribution >= 4 is 11.9 Å². The zero-order valence-electron chi connectivity index (χ0n) is 8.44. The second kappa shape index (κ2) is 4.61. The van der Waals surface area contributed by atoms with Crippen LogP contribution in [0.25, 0.3) is 0 Å². The zero-order valence-corrected chi connectivity index (χ0v) is 8.44. The Labute approximate surface area is 90.6 Å². The molecule has 1 amide bonds. The van der Waals surface area contributed by atoms with Crippen LogP contribution >= 0.6 is 0 Å². The second-order valence-electron chi connectivity index (χ2n) is 3.08. The molecule has 0 fully saturated rings. The average Bonchev–Trinajstić information content (AvgIpc) is 2.16. The van der Waals surface area contributed by atoms with Gasteiger partial charge in [-0.2, -0.15) is 0 Å². The summed E-state index contributed by atoms with van der Waals surface area (Å²) in [6.45, 7) is 1.26. The van der Waals surface area contributed by atoms with E-state index in [1.165, 1.54) is 19.1 Å². The average molecular weight is 227 g/mol. The van der Waals surface area contributed by atoms with Gasteiger partial charge in [0, 0.05) is 0 Å².